The van der Waals surface area contributed by atoms with Crippen molar-refractivity contribution < 1.29 is 18.8 Å². The first kappa shape index (κ1) is 15.6. The minimum Gasteiger partial charge on any atom is -0.449 e. The molecule has 2 N–H and O–H groups in total. The summed E-state index contributed by atoms with van der Waals surface area (Å²) in [5, 5.41) is 3.58. The molecule has 0 spiro atoms. The maximum Gasteiger partial charge on any atom is 0.346 e. The van der Waals surface area contributed by atoms with Gasteiger partial charge in [-0.25, -0.2) is 4.79 Å². The second kappa shape index (κ2) is 6.30. The Labute approximate surface area is 127 Å². The molecule has 1 aromatic heterocycles. The fourth-order valence-electron chi connectivity index (χ4n) is 1.96. The normalized spacial score (nSPS) is 11.8. The van der Waals surface area contributed by atoms with Crippen LogP contribution in [-0.2, 0) is 9.53 Å². The molecule has 2 aromatic rings. The number of esters is 1. The third-order valence-electron chi connectivity index (χ3n) is 3.20. The maximum absolute atomic E-state index is 12.3. The van der Waals surface area contributed by atoms with Gasteiger partial charge in [-0.1, -0.05) is 23.4 Å². The minimum absolute atomic E-state index is 0.0435. The number of aryl methyl sites for hydroxylation is 1. The second-order valence-corrected chi connectivity index (χ2v) is 4.79. The molecular weight excluding hydrogens is 286 g/mol. The molecule has 0 aliphatic heterocycles. The summed E-state index contributed by atoms with van der Waals surface area (Å²) in [6.07, 6.45) is -0.966. The lowest BCUT2D eigenvalue weighted by atomic mass is 10.2. The van der Waals surface area contributed by atoms with Crippen molar-refractivity contribution in [2.24, 2.45) is 0 Å². The lowest BCUT2D eigenvalue weighted by molar-refractivity contribution is -0.126. The number of para-hydroxylation sites is 1. The fourth-order valence-corrected chi connectivity index (χ4v) is 1.96. The number of nitrogens with two attached hydrogens (primary N) is 1. The molecule has 0 bridgehead atoms. The van der Waals surface area contributed by atoms with Crippen LogP contribution in [0.3, 0.4) is 0 Å². The average Bonchev–Trinajstić information content (AvgIpc) is 2.85. The Morgan fingerprint density at radius 3 is 2.50 bits per heavy atom. The van der Waals surface area contributed by atoms with E-state index in [1.165, 1.54) is 11.8 Å². The van der Waals surface area contributed by atoms with Crippen molar-refractivity contribution in [3.05, 3.63) is 41.6 Å². The Bertz CT molecular complexity index is 662. The summed E-state index contributed by atoms with van der Waals surface area (Å²) in [4.78, 5) is 25.8. The summed E-state index contributed by atoms with van der Waals surface area (Å²) in [7, 11) is 1.61. The molecule has 7 nitrogen and oxygen atoms in total. The molecule has 1 aromatic carbocycles. The molecule has 2 rings (SSSR count). The molecule has 0 fully saturated rings. The van der Waals surface area contributed by atoms with Gasteiger partial charge in [-0.05, 0) is 26.0 Å². The molecular formula is C15H17N3O4. The molecule has 0 aliphatic carbocycles. The van der Waals surface area contributed by atoms with E-state index >= 15 is 0 Å². The van der Waals surface area contributed by atoms with E-state index in [2.05, 4.69) is 5.16 Å². The smallest absolute Gasteiger partial charge is 0.346 e. The van der Waals surface area contributed by atoms with Crippen molar-refractivity contribution in [2.75, 3.05) is 17.7 Å². The van der Waals surface area contributed by atoms with Crippen LogP contribution in [0.15, 0.2) is 34.9 Å². The third kappa shape index (κ3) is 3.08. The van der Waals surface area contributed by atoms with E-state index in [1.54, 1.807) is 26.1 Å². The zero-order chi connectivity index (χ0) is 16.3. The number of carbonyl (C=O) groups is 2. The Hall–Kier alpha value is -2.83. The quantitative estimate of drug-likeness (QED) is 0.864. The molecule has 0 unspecified atom stereocenters. The molecule has 0 radical (unpaired) electrons. The number of likely N-dealkylation sites (N-methyl/N-ethyl adjacent to an activating group) is 1. The predicted octanol–water partition coefficient (Wildman–Crippen LogP) is 1.77. The topological polar surface area (TPSA) is 98.7 Å². The summed E-state index contributed by atoms with van der Waals surface area (Å²) in [6.45, 7) is 3.07. The summed E-state index contributed by atoms with van der Waals surface area (Å²) in [6, 6.07) is 9.06. The average molecular weight is 303 g/mol. The van der Waals surface area contributed by atoms with Crippen LogP contribution in [0.1, 0.15) is 23.0 Å². The third-order valence-corrected chi connectivity index (χ3v) is 3.20. The number of carbonyl (C=O) groups excluding carboxylic acids is 2. The van der Waals surface area contributed by atoms with E-state index in [-0.39, 0.29) is 17.4 Å². The van der Waals surface area contributed by atoms with E-state index in [0.29, 0.717) is 11.4 Å². The van der Waals surface area contributed by atoms with Gasteiger partial charge in [0.25, 0.3) is 5.91 Å². The largest absolute Gasteiger partial charge is 0.449 e. The van der Waals surface area contributed by atoms with Crippen molar-refractivity contribution in [2.45, 2.75) is 20.0 Å². The van der Waals surface area contributed by atoms with E-state index in [1.807, 2.05) is 18.2 Å². The maximum atomic E-state index is 12.3. The van der Waals surface area contributed by atoms with Gasteiger partial charge in [0.05, 0.1) is 5.69 Å². The molecule has 1 heterocycles. The van der Waals surface area contributed by atoms with Gasteiger partial charge in [-0.3, -0.25) is 4.79 Å². The summed E-state index contributed by atoms with van der Waals surface area (Å²) < 4.78 is 9.86. The summed E-state index contributed by atoms with van der Waals surface area (Å²) in [5.41, 5.74) is 6.59. The van der Waals surface area contributed by atoms with Gasteiger partial charge in [0.1, 0.15) is 5.56 Å². The molecule has 0 aliphatic rings. The predicted molar refractivity (Wildman–Crippen MR) is 80.4 cm³/mol. The van der Waals surface area contributed by atoms with Crippen molar-refractivity contribution in [3.8, 4) is 0 Å². The Balaban J connectivity index is 2.07. The highest BCUT2D eigenvalue weighted by Crippen LogP contribution is 2.18. The second-order valence-electron chi connectivity index (χ2n) is 4.79. The molecule has 1 atom stereocenters. The zero-order valence-corrected chi connectivity index (χ0v) is 12.6. The van der Waals surface area contributed by atoms with Crippen LogP contribution in [0.25, 0.3) is 0 Å². The summed E-state index contributed by atoms with van der Waals surface area (Å²) in [5.74, 6) is -1.22. The standard InChI is InChI=1S/C15H17N3O4/c1-9-12(13(16)22-17-9)15(20)21-10(2)14(19)18(3)11-7-5-4-6-8-11/h4-8,10H,16H2,1-3H3/t10-/m1/s1. The monoisotopic (exact) mass is 303 g/mol. The molecule has 116 valence electrons. The van der Waals surface area contributed by atoms with Gasteiger partial charge in [0, 0.05) is 12.7 Å². The Kier molecular flexibility index (Phi) is 4.45. The molecule has 0 saturated heterocycles. The fraction of sp³-hybridized carbons (Fsp3) is 0.267. The van der Waals surface area contributed by atoms with Gasteiger partial charge in [0.15, 0.2) is 6.10 Å². The molecule has 0 saturated carbocycles. The van der Waals surface area contributed by atoms with E-state index < -0.39 is 12.1 Å². The van der Waals surface area contributed by atoms with Crippen LogP contribution < -0.4 is 10.6 Å². The number of amides is 1. The lowest BCUT2D eigenvalue weighted by Gasteiger charge is -2.21. The van der Waals surface area contributed by atoms with E-state index in [4.69, 9.17) is 15.0 Å². The number of ether oxygens (including phenoxy) is 1. The number of nitrogens with zero attached hydrogens (tertiary/aromatic N) is 2. The van der Waals surface area contributed by atoms with Crippen molar-refractivity contribution >= 4 is 23.4 Å². The zero-order valence-electron chi connectivity index (χ0n) is 12.6. The highest BCUT2D eigenvalue weighted by molar-refractivity contribution is 6.00. The number of aromatic nitrogens is 1. The first-order chi connectivity index (χ1) is 10.4. The molecule has 22 heavy (non-hydrogen) atoms. The lowest BCUT2D eigenvalue weighted by Crippen LogP contribution is -2.37. The van der Waals surface area contributed by atoms with Gasteiger partial charge < -0.3 is 19.9 Å². The number of hydrogen-bond acceptors (Lipinski definition) is 6. The van der Waals surface area contributed by atoms with Crippen molar-refractivity contribution in [1.29, 1.82) is 0 Å². The van der Waals surface area contributed by atoms with E-state index in [9.17, 15) is 9.59 Å². The SMILES string of the molecule is Cc1noc(N)c1C(=O)O[C@H](C)C(=O)N(C)c1ccccc1. The number of benzene rings is 1. The first-order valence-corrected chi connectivity index (χ1v) is 6.67. The number of hydrogen-bond donors (Lipinski definition) is 1. The van der Waals surface area contributed by atoms with Crippen LogP contribution >= 0.6 is 0 Å². The minimum atomic E-state index is -0.966. The first-order valence-electron chi connectivity index (χ1n) is 6.67. The number of nitrogen functional groups attached to an aromatic ring is 1. The van der Waals surface area contributed by atoms with Crippen molar-refractivity contribution in [1.82, 2.24) is 5.16 Å². The van der Waals surface area contributed by atoms with Gasteiger partial charge in [0.2, 0.25) is 5.88 Å². The van der Waals surface area contributed by atoms with Crippen LogP contribution in [-0.4, -0.2) is 30.2 Å². The molecule has 7 heteroatoms. The Morgan fingerprint density at radius 2 is 1.95 bits per heavy atom. The highest BCUT2D eigenvalue weighted by atomic mass is 16.5. The van der Waals surface area contributed by atoms with Crippen LogP contribution in [0, 0.1) is 6.92 Å². The highest BCUT2D eigenvalue weighted by Gasteiger charge is 2.26. The van der Waals surface area contributed by atoms with Crippen molar-refractivity contribution in [3.63, 3.8) is 0 Å². The van der Waals surface area contributed by atoms with Crippen LogP contribution in [0.2, 0.25) is 0 Å². The summed E-state index contributed by atoms with van der Waals surface area (Å²) >= 11 is 0. The van der Waals surface area contributed by atoms with Crippen LogP contribution in [0.5, 0.6) is 0 Å². The van der Waals surface area contributed by atoms with E-state index in [0.717, 1.165) is 0 Å². The number of rotatable bonds is 4. The van der Waals surface area contributed by atoms with Gasteiger partial charge >= 0.3 is 5.97 Å². The number of anilines is 2. The molecule has 1 amide bonds. The van der Waals surface area contributed by atoms with Crippen LogP contribution in [0.4, 0.5) is 11.6 Å². The van der Waals surface area contributed by atoms with Gasteiger partial charge in [-0.15, -0.1) is 0 Å². The van der Waals surface area contributed by atoms with Gasteiger partial charge in [-0.2, -0.15) is 0 Å². The Morgan fingerprint density at radius 1 is 1.32 bits per heavy atom.